The van der Waals surface area contributed by atoms with Crippen molar-refractivity contribution in [3.8, 4) is 0 Å². The van der Waals surface area contributed by atoms with E-state index >= 15 is 0 Å². The van der Waals surface area contributed by atoms with E-state index in [2.05, 4.69) is 26.7 Å². The van der Waals surface area contributed by atoms with E-state index in [1.807, 2.05) is 19.4 Å². The van der Waals surface area contributed by atoms with Crippen molar-refractivity contribution in [2.45, 2.75) is 32.4 Å². The average molecular weight is 330 g/mol. The summed E-state index contributed by atoms with van der Waals surface area (Å²) in [5, 5.41) is 2.80. The molecule has 1 aromatic heterocycles. The first-order valence-electron chi connectivity index (χ1n) is 8.32. The number of imidazole rings is 1. The summed E-state index contributed by atoms with van der Waals surface area (Å²) in [7, 11) is 0. The number of anilines is 1. The highest BCUT2D eigenvalue weighted by Crippen LogP contribution is 2.28. The summed E-state index contributed by atoms with van der Waals surface area (Å²) < 4.78 is 15.4. The van der Waals surface area contributed by atoms with Gasteiger partial charge in [-0.25, -0.2) is 9.37 Å². The number of hydrogen-bond acceptors (Lipinski definition) is 3. The molecule has 1 N–H and O–H groups in total. The molecule has 0 aliphatic carbocycles. The predicted octanol–water partition coefficient (Wildman–Crippen LogP) is 2.93. The van der Waals surface area contributed by atoms with Crippen LogP contribution in [-0.4, -0.2) is 39.5 Å². The number of piperidine rings is 1. The lowest BCUT2D eigenvalue weighted by Crippen LogP contribution is -2.49. The van der Waals surface area contributed by atoms with Gasteiger partial charge < -0.3 is 9.88 Å². The van der Waals surface area contributed by atoms with E-state index < -0.39 is 0 Å². The van der Waals surface area contributed by atoms with Crippen LogP contribution in [0.4, 0.5) is 10.1 Å². The first-order valence-corrected chi connectivity index (χ1v) is 8.32. The lowest BCUT2D eigenvalue weighted by atomic mass is 9.92. The van der Waals surface area contributed by atoms with Gasteiger partial charge >= 0.3 is 0 Å². The Bertz CT molecular complexity index is 688. The molecule has 0 spiro atoms. The largest absolute Gasteiger partial charge is 0.333 e. The van der Waals surface area contributed by atoms with Crippen LogP contribution < -0.4 is 5.32 Å². The van der Waals surface area contributed by atoms with E-state index in [4.69, 9.17) is 0 Å². The minimum Gasteiger partial charge on any atom is -0.333 e. The highest BCUT2D eigenvalue weighted by atomic mass is 19.1. The number of nitrogens with zero attached hydrogens (tertiary/aromatic N) is 3. The number of likely N-dealkylation sites (tertiary alicyclic amines) is 1. The fraction of sp³-hybridized carbons (Fsp3) is 0.444. The van der Waals surface area contributed by atoms with Crippen LogP contribution in [0.2, 0.25) is 0 Å². The van der Waals surface area contributed by atoms with Crippen LogP contribution in [0.25, 0.3) is 0 Å². The molecule has 24 heavy (non-hydrogen) atoms. The van der Waals surface area contributed by atoms with Gasteiger partial charge in [-0.15, -0.1) is 0 Å². The molecule has 1 saturated heterocycles. The van der Waals surface area contributed by atoms with Gasteiger partial charge in [-0.3, -0.25) is 9.69 Å². The van der Waals surface area contributed by atoms with E-state index in [1.54, 1.807) is 18.3 Å². The molecular formula is C18H23FN4O. The van der Waals surface area contributed by atoms with E-state index in [1.165, 1.54) is 12.1 Å². The molecule has 1 amide bonds. The zero-order chi connectivity index (χ0) is 17.1. The van der Waals surface area contributed by atoms with Crippen LogP contribution >= 0.6 is 0 Å². The maximum absolute atomic E-state index is 13.3. The fourth-order valence-corrected chi connectivity index (χ4v) is 3.26. The maximum atomic E-state index is 13.3. The molecule has 1 aliphatic heterocycles. The quantitative estimate of drug-likeness (QED) is 0.938. The van der Waals surface area contributed by atoms with Crippen molar-refractivity contribution in [3.05, 3.63) is 48.8 Å². The van der Waals surface area contributed by atoms with Crippen LogP contribution in [-0.2, 0) is 4.79 Å². The van der Waals surface area contributed by atoms with Crippen molar-refractivity contribution < 1.29 is 9.18 Å². The third-order valence-electron chi connectivity index (χ3n) is 4.88. The molecule has 3 atom stereocenters. The second-order valence-corrected chi connectivity index (χ2v) is 6.51. The van der Waals surface area contributed by atoms with Gasteiger partial charge in [-0.05, 0) is 44.0 Å². The van der Waals surface area contributed by atoms with Crippen LogP contribution in [0.3, 0.4) is 0 Å². The van der Waals surface area contributed by atoms with Gasteiger partial charge in [-0.1, -0.05) is 13.0 Å². The Hall–Kier alpha value is -2.21. The smallest absolute Gasteiger partial charge is 0.241 e. The van der Waals surface area contributed by atoms with Crippen molar-refractivity contribution >= 4 is 11.6 Å². The minimum atomic E-state index is -0.354. The van der Waals surface area contributed by atoms with Gasteiger partial charge in [0.1, 0.15) is 5.82 Å². The molecule has 1 aliphatic rings. The molecule has 2 aromatic rings. The van der Waals surface area contributed by atoms with Crippen LogP contribution in [0.5, 0.6) is 0 Å². The van der Waals surface area contributed by atoms with Gasteiger partial charge in [0.05, 0.1) is 12.4 Å². The molecule has 0 radical (unpaired) electrons. The summed E-state index contributed by atoms with van der Waals surface area (Å²) >= 11 is 0. The number of benzene rings is 1. The van der Waals surface area contributed by atoms with Gasteiger partial charge in [0, 0.05) is 30.7 Å². The molecule has 3 rings (SSSR count). The Labute approximate surface area is 141 Å². The van der Waals surface area contributed by atoms with Gasteiger partial charge in [0.2, 0.25) is 5.91 Å². The number of halogens is 1. The second-order valence-electron chi connectivity index (χ2n) is 6.51. The number of hydrogen-bond donors (Lipinski definition) is 1. The first kappa shape index (κ1) is 16.6. The third-order valence-corrected chi connectivity index (χ3v) is 4.88. The maximum Gasteiger partial charge on any atom is 0.241 e. The number of nitrogens with one attached hydrogen (secondary N) is 1. The van der Waals surface area contributed by atoms with Crippen LogP contribution in [0.15, 0.2) is 43.0 Å². The Morgan fingerprint density at radius 2 is 2.29 bits per heavy atom. The average Bonchev–Trinajstić information content (AvgIpc) is 3.09. The monoisotopic (exact) mass is 330 g/mol. The molecular weight excluding hydrogens is 307 g/mol. The Morgan fingerprint density at radius 1 is 1.46 bits per heavy atom. The second kappa shape index (κ2) is 7.13. The molecule has 3 unspecified atom stereocenters. The lowest BCUT2D eigenvalue weighted by Gasteiger charge is -2.40. The minimum absolute atomic E-state index is 0.112. The normalized spacial score (nSPS) is 23.0. The molecule has 0 bridgehead atoms. The molecule has 5 nitrogen and oxygen atoms in total. The molecule has 128 valence electrons. The third kappa shape index (κ3) is 3.64. The van der Waals surface area contributed by atoms with E-state index in [0.717, 1.165) is 19.5 Å². The number of carbonyl (C=O) groups excluding carboxylic acids is 1. The summed E-state index contributed by atoms with van der Waals surface area (Å²) in [4.78, 5) is 18.8. The lowest BCUT2D eigenvalue weighted by molar-refractivity contribution is -0.121. The number of aromatic nitrogens is 2. The van der Waals surface area contributed by atoms with Crippen molar-refractivity contribution in [2.75, 3.05) is 18.4 Å². The summed E-state index contributed by atoms with van der Waals surface area (Å²) in [6.07, 6.45) is 6.62. The highest BCUT2D eigenvalue weighted by Gasteiger charge is 2.32. The molecule has 1 fully saturated rings. The number of carbonyl (C=O) groups is 1. The standard InChI is InChI=1S/C18H23FN4O/c1-13-6-8-22(11-17(13)23-9-7-20-12-23)14(2)18(24)21-16-5-3-4-15(19)10-16/h3-5,7,9-10,12-14,17H,6,8,11H2,1-2H3,(H,21,24). The van der Waals surface area contributed by atoms with Crippen molar-refractivity contribution in [1.82, 2.24) is 14.5 Å². The number of amides is 1. The topological polar surface area (TPSA) is 50.2 Å². The molecule has 6 heteroatoms. The first-order chi connectivity index (χ1) is 11.5. The van der Waals surface area contributed by atoms with E-state index in [0.29, 0.717) is 17.6 Å². The summed E-state index contributed by atoms with van der Waals surface area (Å²) in [5.74, 6) is 0.0703. The zero-order valence-corrected chi connectivity index (χ0v) is 14.0. The van der Waals surface area contributed by atoms with Gasteiger partial charge in [0.25, 0.3) is 0 Å². The zero-order valence-electron chi connectivity index (χ0n) is 14.0. The Kier molecular flexibility index (Phi) is 4.94. The van der Waals surface area contributed by atoms with Gasteiger partial charge in [0.15, 0.2) is 0 Å². The van der Waals surface area contributed by atoms with Crippen LogP contribution in [0, 0.1) is 11.7 Å². The fourth-order valence-electron chi connectivity index (χ4n) is 3.26. The summed E-state index contributed by atoms with van der Waals surface area (Å²) in [6, 6.07) is 6.02. The molecule has 0 saturated carbocycles. The Balaban J connectivity index is 1.65. The van der Waals surface area contributed by atoms with Crippen LogP contribution in [0.1, 0.15) is 26.3 Å². The highest BCUT2D eigenvalue weighted by molar-refractivity contribution is 5.94. The van der Waals surface area contributed by atoms with Gasteiger partial charge in [-0.2, -0.15) is 0 Å². The summed E-state index contributed by atoms with van der Waals surface area (Å²) in [5.41, 5.74) is 0.489. The van der Waals surface area contributed by atoms with Crippen molar-refractivity contribution in [3.63, 3.8) is 0 Å². The van der Waals surface area contributed by atoms with Crippen molar-refractivity contribution in [2.24, 2.45) is 5.92 Å². The SMILES string of the molecule is CC1CCN(C(C)C(=O)Nc2cccc(F)c2)CC1n1ccnc1. The molecule has 2 heterocycles. The number of rotatable bonds is 4. The van der Waals surface area contributed by atoms with E-state index in [-0.39, 0.29) is 17.8 Å². The predicted molar refractivity (Wildman–Crippen MR) is 91.1 cm³/mol. The Morgan fingerprint density at radius 3 is 3.00 bits per heavy atom. The summed E-state index contributed by atoms with van der Waals surface area (Å²) in [6.45, 7) is 5.81. The van der Waals surface area contributed by atoms with E-state index in [9.17, 15) is 9.18 Å². The van der Waals surface area contributed by atoms with Crippen molar-refractivity contribution in [1.29, 1.82) is 0 Å². The molecule has 1 aromatic carbocycles.